The molecule has 22 heavy (non-hydrogen) atoms. The molecular formula is C14H10Cl3N3O2. The number of hydrogen-bond donors (Lipinski definition) is 1. The van der Waals surface area contributed by atoms with E-state index >= 15 is 0 Å². The lowest BCUT2D eigenvalue weighted by molar-refractivity contribution is -0.123. The maximum absolute atomic E-state index is 11.6. The van der Waals surface area contributed by atoms with Crippen LogP contribution in [0.3, 0.4) is 0 Å². The zero-order valence-electron chi connectivity index (χ0n) is 11.1. The second-order valence-electron chi connectivity index (χ2n) is 4.04. The molecule has 1 N–H and O–H groups in total. The van der Waals surface area contributed by atoms with E-state index in [4.69, 9.17) is 39.5 Å². The van der Waals surface area contributed by atoms with E-state index in [0.717, 1.165) is 0 Å². The Kier molecular flexibility index (Phi) is 6.00. The number of ether oxygens (including phenoxy) is 1. The first-order chi connectivity index (χ1) is 10.6. The van der Waals surface area contributed by atoms with Gasteiger partial charge in [-0.05, 0) is 24.3 Å². The minimum atomic E-state index is -0.464. The van der Waals surface area contributed by atoms with Crippen LogP contribution in [0.5, 0.6) is 5.75 Å². The van der Waals surface area contributed by atoms with Crippen molar-refractivity contribution in [2.45, 2.75) is 0 Å². The first kappa shape index (κ1) is 16.5. The second-order valence-corrected chi connectivity index (χ2v) is 5.29. The van der Waals surface area contributed by atoms with Crippen LogP contribution in [0.15, 0.2) is 41.6 Å². The Bertz CT molecular complexity index is 670. The van der Waals surface area contributed by atoms with E-state index in [2.05, 4.69) is 15.5 Å². The molecule has 1 aromatic heterocycles. The van der Waals surface area contributed by atoms with Gasteiger partial charge in [0.15, 0.2) is 12.4 Å². The molecule has 2 rings (SSSR count). The van der Waals surface area contributed by atoms with E-state index in [-0.39, 0.29) is 22.4 Å². The summed E-state index contributed by atoms with van der Waals surface area (Å²) in [6.07, 6.45) is 3.04. The minimum absolute atomic E-state index is 0.191. The second kappa shape index (κ2) is 7.98. The molecule has 0 aliphatic carbocycles. The van der Waals surface area contributed by atoms with Gasteiger partial charge in [0.2, 0.25) is 0 Å². The molecule has 5 nitrogen and oxygen atoms in total. The van der Waals surface area contributed by atoms with Crippen molar-refractivity contribution in [2.75, 3.05) is 6.61 Å². The molecule has 1 amide bonds. The number of halogens is 3. The first-order valence-electron chi connectivity index (χ1n) is 6.06. The van der Waals surface area contributed by atoms with Crippen LogP contribution in [-0.4, -0.2) is 23.7 Å². The van der Waals surface area contributed by atoms with Crippen LogP contribution in [0, 0.1) is 0 Å². The van der Waals surface area contributed by atoms with E-state index in [1.165, 1.54) is 18.3 Å². The summed E-state index contributed by atoms with van der Waals surface area (Å²) in [6.45, 7) is -0.291. The van der Waals surface area contributed by atoms with Crippen LogP contribution in [0.1, 0.15) is 5.69 Å². The maximum Gasteiger partial charge on any atom is 0.277 e. The topological polar surface area (TPSA) is 63.6 Å². The number of hydrazone groups is 1. The average Bonchev–Trinajstić information content (AvgIpc) is 2.47. The molecule has 0 saturated heterocycles. The molecule has 0 aliphatic heterocycles. The smallest absolute Gasteiger partial charge is 0.277 e. The SMILES string of the molecule is O=C(COc1c(Cl)cc(Cl)cc1Cl)N/N=C\c1ccccn1. The summed E-state index contributed by atoms with van der Waals surface area (Å²) >= 11 is 17.7. The Hall–Kier alpha value is -1.82. The number of benzene rings is 1. The van der Waals surface area contributed by atoms with Gasteiger partial charge in [-0.1, -0.05) is 40.9 Å². The Morgan fingerprint density at radius 2 is 2.00 bits per heavy atom. The van der Waals surface area contributed by atoms with Crippen LogP contribution in [-0.2, 0) is 4.79 Å². The van der Waals surface area contributed by atoms with Crippen molar-refractivity contribution < 1.29 is 9.53 Å². The van der Waals surface area contributed by atoms with Gasteiger partial charge in [-0.15, -0.1) is 0 Å². The highest BCUT2D eigenvalue weighted by molar-refractivity contribution is 6.40. The number of carbonyl (C=O) groups is 1. The number of amides is 1. The Labute approximate surface area is 141 Å². The fraction of sp³-hybridized carbons (Fsp3) is 0.0714. The largest absolute Gasteiger partial charge is 0.481 e. The number of carbonyl (C=O) groups excluding carboxylic acids is 1. The Balaban J connectivity index is 1.87. The van der Waals surface area contributed by atoms with Crippen molar-refractivity contribution >= 4 is 46.9 Å². The molecule has 1 heterocycles. The predicted molar refractivity (Wildman–Crippen MR) is 86.9 cm³/mol. The molecule has 8 heteroatoms. The molecule has 0 fully saturated rings. The summed E-state index contributed by atoms with van der Waals surface area (Å²) in [5.74, 6) is -0.272. The highest BCUT2D eigenvalue weighted by Crippen LogP contribution is 2.35. The number of aromatic nitrogens is 1. The van der Waals surface area contributed by atoms with Gasteiger partial charge in [0, 0.05) is 11.2 Å². The van der Waals surface area contributed by atoms with E-state index in [9.17, 15) is 4.79 Å². The number of hydrogen-bond acceptors (Lipinski definition) is 4. The Morgan fingerprint density at radius 1 is 1.27 bits per heavy atom. The summed E-state index contributed by atoms with van der Waals surface area (Å²) in [6, 6.07) is 8.29. The summed E-state index contributed by atoms with van der Waals surface area (Å²) in [5.41, 5.74) is 2.92. The lowest BCUT2D eigenvalue weighted by Gasteiger charge is -2.09. The monoisotopic (exact) mass is 357 g/mol. The molecule has 2 aromatic rings. The molecule has 114 valence electrons. The Morgan fingerprint density at radius 3 is 2.64 bits per heavy atom. The third kappa shape index (κ3) is 4.87. The third-order valence-corrected chi connectivity index (χ3v) is 3.16. The van der Waals surface area contributed by atoms with Crippen LogP contribution in [0.25, 0.3) is 0 Å². The third-order valence-electron chi connectivity index (χ3n) is 2.38. The van der Waals surface area contributed by atoms with E-state index < -0.39 is 5.91 Å². The van der Waals surface area contributed by atoms with Gasteiger partial charge in [0.05, 0.1) is 22.0 Å². The quantitative estimate of drug-likeness (QED) is 0.656. The average molecular weight is 359 g/mol. The maximum atomic E-state index is 11.6. The summed E-state index contributed by atoms with van der Waals surface area (Å²) in [4.78, 5) is 15.6. The van der Waals surface area contributed by atoms with Crippen LogP contribution < -0.4 is 10.2 Å². The van der Waals surface area contributed by atoms with E-state index in [0.29, 0.717) is 10.7 Å². The van der Waals surface area contributed by atoms with E-state index in [1.807, 2.05) is 6.07 Å². The van der Waals surface area contributed by atoms with Gasteiger partial charge in [0.25, 0.3) is 5.91 Å². The number of rotatable bonds is 5. The standard InChI is InChI=1S/C14H10Cl3N3O2/c15-9-5-11(16)14(12(17)6-9)22-8-13(21)20-19-7-10-3-1-2-4-18-10/h1-7H,8H2,(H,20,21)/b19-7-. The van der Waals surface area contributed by atoms with Crippen LogP contribution in [0.2, 0.25) is 15.1 Å². The van der Waals surface area contributed by atoms with Crippen molar-refractivity contribution in [3.8, 4) is 5.75 Å². The van der Waals surface area contributed by atoms with Crippen LogP contribution >= 0.6 is 34.8 Å². The minimum Gasteiger partial charge on any atom is -0.481 e. The van der Waals surface area contributed by atoms with Gasteiger partial charge in [-0.3, -0.25) is 9.78 Å². The number of nitrogens with one attached hydrogen (secondary N) is 1. The highest BCUT2D eigenvalue weighted by Gasteiger charge is 2.11. The number of nitrogens with zero attached hydrogens (tertiary/aromatic N) is 2. The van der Waals surface area contributed by atoms with Gasteiger partial charge in [-0.25, -0.2) is 5.43 Å². The van der Waals surface area contributed by atoms with Crippen molar-refractivity contribution in [1.82, 2.24) is 10.4 Å². The summed E-state index contributed by atoms with van der Waals surface area (Å²) in [5, 5.41) is 4.59. The molecule has 0 atom stereocenters. The van der Waals surface area contributed by atoms with E-state index in [1.54, 1.807) is 18.3 Å². The lowest BCUT2D eigenvalue weighted by atomic mass is 10.3. The summed E-state index contributed by atoms with van der Waals surface area (Å²) in [7, 11) is 0. The van der Waals surface area contributed by atoms with Gasteiger partial charge < -0.3 is 4.74 Å². The zero-order valence-corrected chi connectivity index (χ0v) is 13.4. The van der Waals surface area contributed by atoms with Gasteiger partial charge in [-0.2, -0.15) is 5.10 Å². The van der Waals surface area contributed by atoms with Crippen molar-refractivity contribution in [2.24, 2.45) is 5.10 Å². The molecule has 0 radical (unpaired) electrons. The molecule has 0 unspecified atom stereocenters. The highest BCUT2D eigenvalue weighted by atomic mass is 35.5. The molecule has 0 spiro atoms. The predicted octanol–water partition coefficient (Wildman–Crippen LogP) is 3.57. The lowest BCUT2D eigenvalue weighted by Crippen LogP contribution is -2.24. The molecule has 0 aliphatic rings. The number of pyridine rings is 1. The van der Waals surface area contributed by atoms with Crippen LogP contribution in [0.4, 0.5) is 0 Å². The fourth-order valence-corrected chi connectivity index (χ4v) is 2.39. The first-order valence-corrected chi connectivity index (χ1v) is 7.20. The zero-order chi connectivity index (χ0) is 15.9. The molecule has 0 saturated carbocycles. The molecule has 0 bridgehead atoms. The molecular weight excluding hydrogens is 349 g/mol. The van der Waals surface area contributed by atoms with Crippen molar-refractivity contribution in [1.29, 1.82) is 0 Å². The van der Waals surface area contributed by atoms with Crippen molar-refractivity contribution in [3.05, 3.63) is 57.3 Å². The fourth-order valence-electron chi connectivity index (χ4n) is 1.46. The molecule has 1 aromatic carbocycles. The summed E-state index contributed by atoms with van der Waals surface area (Å²) < 4.78 is 5.26. The van der Waals surface area contributed by atoms with Crippen molar-refractivity contribution in [3.63, 3.8) is 0 Å². The van der Waals surface area contributed by atoms with Gasteiger partial charge >= 0.3 is 0 Å². The normalized spacial score (nSPS) is 10.7. The van der Waals surface area contributed by atoms with Gasteiger partial charge in [0.1, 0.15) is 0 Å².